The van der Waals surface area contributed by atoms with Crippen LogP contribution in [-0.2, 0) is 38.4 Å². The summed E-state index contributed by atoms with van der Waals surface area (Å²) < 4.78 is 0. The number of nitrogens with two attached hydrogens (primary N) is 3. The highest BCUT2D eigenvalue weighted by atomic mass is 16.4. The molecule has 0 aromatic heterocycles. The van der Waals surface area contributed by atoms with Gasteiger partial charge < -0.3 is 59.1 Å². The highest BCUT2D eigenvalue weighted by Crippen LogP contribution is 2.10. The number of carbonyl (C=O) groups excluding carboxylic acids is 6. The quantitative estimate of drug-likeness (QED) is 0.0461. The van der Waals surface area contributed by atoms with Crippen LogP contribution in [0.4, 0.5) is 0 Å². The Hall–Kier alpha value is -4.36. The number of carboxylic acids is 2. The molecule has 0 heterocycles. The first-order chi connectivity index (χ1) is 21.8. The number of aliphatic carboxylic acids is 2. The van der Waals surface area contributed by atoms with Crippen LogP contribution in [0, 0.1) is 11.8 Å². The third kappa shape index (κ3) is 16.7. The van der Waals surface area contributed by atoms with Crippen molar-refractivity contribution in [3.8, 4) is 0 Å². The van der Waals surface area contributed by atoms with E-state index in [1.807, 2.05) is 5.32 Å². The Balaban J connectivity index is 5.93. The molecule has 0 saturated carbocycles. The SMILES string of the molecule is CC(C)CC(NC(=O)C(N)CC(=O)O)C(=O)NC(CCCCN)C(=O)NC(C(=O)NC(CO)C(=O)NC(CC(N)=O)C(=O)O)C(C)C. The number of unbranched alkanes of at least 4 members (excludes halogenated alkanes) is 1. The summed E-state index contributed by atoms with van der Waals surface area (Å²) >= 11 is 0. The van der Waals surface area contributed by atoms with Crippen molar-refractivity contribution in [3.05, 3.63) is 0 Å². The summed E-state index contributed by atoms with van der Waals surface area (Å²) in [4.78, 5) is 98.5. The summed E-state index contributed by atoms with van der Waals surface area (Å²) in [7, 11) is 0. The van der Waals surface area contributed by atoms with Crippen molar-refractivity contribution in [2.45, 2.75) is 102 Å². The number of aliphatic hydroxyl groups is 1. The van der Waals surface area contributed by atoms with Crippen LogP contribution in [0.2, 0.25) is 0 Å². The van der Waals surface area contributed by atoms with E-state index in [0.717, 1.165) is 0 Å². The molecule has 14 N–H and O–H groups in total. The summed E-state index contributed by atoms with van der Waals surface area (Å²) in [6, 6.07) is -8.51. The predicted molar refractivity (Wildman–Crippen MR) is 166 cm³/mol. The van der Waals surface area contributed by atoms with Gasteiger partial charge in [0.1, 0.15) is 30.2 Å². The lowest BCUT2D eigenvalue weighted by atomic mass is 10.00. The highest BCUT2D eigenvalue weighted by Gasteiger charge is 2.34. The van der Waals surface area contributed by atoms with E-state index in [1.54, 1.807) is 27.7 Å². The maximum atomic E-state index is 13.5. The molecule has 6 amide bonds. The van der Waals surface area contributed by atoms with Crippen molar-refractivity contribution < 1.29 is 53.7 Å². The Kier molecular flexibility index (Phi) is 19.4. The molecule has 0 rings (SSSR count). The summed E-state index contributed by atoms with van der Waals surface area (Å²) in [6.45, 7) is 6.03. The van der Waals surface area contributed by atoms with E-state index in [0.29, 0.717) is 19.4 Å². The first-order valence-electron chi connectivity index (χ1n) is 15.2. The van der Waals surface area contributed by atoms with Gasteiger partial charge in [-0.2, -0.15) is 0 Å². The number of amides is 6. The molecule has 0 bridgehead atoms. The van der Waals surface area contributed by atoms with Gasteiger partial charge in [0.05, 0.1) is 25.5 Å². The molecule has 0 spiro atoms. The van der Waals surface area contributed by atoms with Crippen molar-refractivity contribution in [1.29, 1.82) is 0 Å². The van der Waals surface area contributed by atoms with Gasteiger partial charge in [0.2, 0.25) is 35.4 Å². The van der Waals surface area contributed by atoms with Gasteiger partial charge in [-0.25, -0.2) is 4.79 Å². The van der Waals surface area contributed by atoms with E-state index in [-0.39, 0.29) is 18.8 Å². The molecule has 0 fully saturated rings. The van der Waals surface area contributed by atoms with E-state index in [1.165, 1.54) is 0 Å². The predicted octanol–water partition coefficient (Wildman–Crippen LogP) is -4.00. The zero-order valence-corrected chi connectivity index (χ0v) is 27.1. The minimum absolute atomic E-state index is 0.0835. The summed E-state index contributed by atoms with van der Waals surface area (Å²) in [5.41, 5.74) is 16.2. The minimum Gasteiger partial charge on any atom is -0.481 e. The van der Waals surface area contributed by atoms with E-state index < -0.39 is 109 Å². The van der Waals surface area contributed by atoms with Gasteiger partial charge in [-0.1, -0.05) is 27.7 Å². The maximum Gasteiger partial charge on any atom is 0.326 e. The van der Waals surface area contributed by atoms with Crippen molar-refractivity contribution in [2.75, 3.05) is 13.2 Å². The lowest BCUT2D eigenvalue weighted by Gasteiger charge is -2.28. The number of nitrogens with one attached hydrogen (secondary N) is 5. The average molecular weight is 675 g/mol. The highest BCUT2D eigenvalue weighted by molar-refractivity contribution is 5.97. The topological polar surface area (TPSA) is 335 Å². The molecule has 6 atom stereocenters. The fourth-order valence-corrected chi connectivity index (χ4v) is 4.21. The van der Waals surface area contributed by atoms with Crippen molar-refractivity contribution in [1.82, 2.24) is 26.6 Å². The second-order valence-corrected chi connectivity index (χ2v) is 11.8. The fraction of sp³-hybridized carbons (Fsp3) is 0.714. The lowest BCUT2D eigenvalue weighted by Crippen LogP contribution is -2.61. The molecule has 0 radical (unpaired) electrons. The van der Waals surface area contributed by atoms with Gasteiger partial charge in [-0.15, -0.1) is 0 Å². The first-order valence-corrected chi connectivity index (χ1v) is 15.2. The van der Waals surface area contributed by atoms with Crippen LogP contribution in [0.3, 0.4) is 0 Å². The van der Waals surface area contributed by atoms with Crippen LogP contribution in [0.5, 0.6) is 0 Å². The van der Waals surface area contributed by atoms with E-state index in [9.17, 15) is 48.6 Å². The number of carboxylic acid groups (broad SMARTS) is 2. The van der Waals surface area contributed by atoms with Crippen molar-refractivity contribution in [3.63, 3.8) is 0 Å². The largest absolute Gasteiger partial charge is 0.481 e. The first kappa shape index (κ1) is 42.6. The maximum absolute atomic E-state index is 13.5. The molecular formula is C28H50N8O11. The zero-order valence-electron chi connectivity index (χ0n) is 27.1. The van der Waals surface area contributed by atoms with Gasteiger partial charge >= 0.3 is 11.9 Å². The lowest BCUT2D eigenvalue weighted by molar-refractivity contribution is -0.144. The van der Waals surface area contributed by atoms with E-state index in [4.69, 9.17) is 22.3 Å². The molecule has 0 aliphatic carbocycles. The Morgan fingerprint density at radius 2 is 1.17 bits per heavy atom. The molecule has 0 saturated heterocycles. The number of hydrogen-bond acceptors (Lipinski definition) is 11. The molecule has 19 nitrogen and oxygen atoms in total. The van der Waals surface area contributed by atoms with Gasteiger partial charge in [0, 0.05) is 0 Å². The van der Waals surface area contributed by atoms with E-state index >= 15 is 0 Å². The molecular weight excluding hydrogens is 624 g/mol. The summed E-state index contributed by atoms with van der Waals surface area (Å²) in [5.74, 6) is -9.08. The van der Waals surface area contributed by atoms with Crippen LogP contribution < -0.4 is 43.8 Å². The normalized spacial score (nSPS) is 14.9. The number of hydrogen-bond donors (Lipinski definition) is 11. The van der Waals surface area contributed by atoms with Gasteiger partial charge in [0.25, 0.3) is 0 Å². The molecule has 268 valence electrons. The number of carbonyl (C=O) groups is 8. The Morgan fingerprint density at radius 3 is 1.64 bits per heavy atom. The summed E-state index contributed by atoms with van der Waals surface area (Å²) in [6.07, 6.45) is -0.327. The monoisotopic (exact) mass is 674 g/mol. The molecule has 19 heteroatoms. The second kappa shape index (κ2) is 21.4. The van der Waals surface area contributed by atoms with Crippen LogP contribution in [-0.4, -0.2) is 112 Å². The fourth-order valence-electron chi connectivity index (χ4n) is 4.21. The average Bonchev–Trinajstić information content (AvgIpc) is 2.95. The van der Waals surface area contributed by atoms with Gasteiger partial charge in [-0.05, 0) is 44.1 Å². The molecule has 0 aromatic carbocycles. The van der Waals surface area contributed by atoms with Crippen LogP contribution in [0.1, 0.15) is 66.2 Å². The number of primary amides is 1. The van der Waals surface area contributed by atoms with Crippen LogP contribution >= 0.6 is 0 Å². The van der Waals surface area contributed by atoms with Gasteiger partial charge in [0.15, 0.2) is 0 Å². The number of rotatable bonds is 23. The third-order valence-corrected chi connectivity index (χ3v) is 6.73. The van der Waals surface area contributed by atoms with Gasteiger partial charge in [-0.3, -0.25) is 33.6 Å². The van der Waals surface area contributed by atoms with Crippen LogP contribution in [0.15, 0.2) is 0 Å². The molecule has 0 aromatic rings. The second-order valence-electron chi connectivity index (χ2n) is 11.8. The molecule has 0 aliphatic rings. The van der Waals surface area contributed by atoms with E-state index in [2.05, 4.69) is 21.3 Å². The molecule has 6 unspecified atom stereocenters. The Bertz CT molecular complexity index is 1120. The Labute approximate surface area is 272 Å². The Morgan fingerprint density at radius 1 is 0.660 bits per heavy atom. The molecule has 47 heavy (non-hydrogen) atoms. The summed E-state index contributed by atoms with van der Waals surface area (Å²) in [5, 5.41) is 39.7. The van der Waals surface area contributed by atoms with Crippen molar-refractivity contribution >= 4 is 47.4 Å². The van der Waals surface area contributed by atoms with Crippen molar-refractivity contribution in [2.24, 2.45) is 29.0 Å². The smallest absolute Gasteiger partial charge is 0.326 e. The minimum atomic E-state index is -1.72. The zero-order chi connectivity index (χ0) is 36.4. The number of aliphatic hydroxyl groups excluding tert-OH is 1. The molecule has 0 aliphatic heterocycles. The van der Waals surface area contributed by atoms with Crippen LogP contribution in [0.25, 0.3) is 0 Å². The standard InChI is InChI=1S/C28H50N8O11/c1-13(2)9-17(33-23(41)15(30)10-21(39)40)25(43)32-16(7-5-6-8-29)24(42)36-22(14(3)4)27(45)35-19(12-37)26(44)34-18(28(46)47)11-20(31)38/h13-19,22,37H,5-12,29-30H2,1-4H3,(H2,31,38)(H,32,43)(H,33,41)(H,34,44)(H,35,45)(H,36,42)(H,39,40)(H,46,47). The third-order valence-electron chi connectivity index (χ3n) is 6.73.